The maximum atomic E-state index is 12.3. The van der Waals surface area contributed by atoms with Gasteiger partial charge < -0.3 is 15.2 Å². The highest BCUT2D eigenvalue weighted by Crippen LogP contribution is 2.32. The molecule has 0 atom stereocenters. The molecule has 1 aromatic rings. The van der Waals surface area contributed by atoms with E-state index in [1.54, 1.807) is 18.2 Å². The average molecular weight is 305 g/mol. The molecule has 3 rings (SSSR count). The van der Waals surface area contributed by atoms with Gasteiger partial charge in [-0.25, -0.2) is 9.80 Å². The number of ether oxygens (including phenoxy) is 2. The number of benzene rings is 1. The van der Waals surface area contributed by atoms with Gasteiger partial charge in [-0.15, -0.1) is 0 Å². The zero-order chi connectivity index (χ0) is 15.5. The van der Waals surface area contributed by atoms with Gasteiger partial charge in [-0.05, 0) is 31.0 Å². The molecule has 0 unspecified atom stereocenters. The number of fused-ring (bicyclic) bond motifs is 1. The van der Waals surface area contributed by atoms with Crippen LogP contribution in [0.5, 0.6) is 11.5 Å². The Morgan fingerprint density at radius 3 is 2.59 bits per heavy atom. The number of nitrogens with zero attached hydrogens (tertiary/aromatic N) is 1. The highest BCUT2D eigenvalue weighted by atomic mass is 16.7. The van der Waals surface area contributed by atoms with Crippen LogP contribution in [-0.2, 0) is 0 Å². The summed E-state index contributed by atoms with van der Waals surface area (Å²) in [5.41, 5.74) is 8.42. The summed E-state index contributed by atoms with van der Waals surface area (Å²) in [6.45, 7) is 0.149. The minimum Gasteiger partial charge on any atom is -0.454 e. The number of hydrogen-bond donors (Lipinski definition) is 2. The monoisotopic (exact) mass is 305 g/mol. The molecule has 3 amide bonds. The zero-order valence-corrected chi connectivity index (χ0v) is 12.2. The van der Waals surface area contributed by atoms with Crippen LogP contribution in [0.2, 0.25) is 0 Å². The molecule has 1 saturated carbocycles. The number of carbonyl (C=O) groups excluding carboxylic acids is 2. The lowest BCUT2D eigenvalue weighted by molar-refractivity contribution is 0.0731. The average Bonchev–Trinajstić information content (AvgIpc) is 3.00. The van der Waals surface area contributed by atoms with Crippen molar-refractivity contribution in [3.05, 3.63) is 23.8 Å². The van der Waals surface area contributed by atoms with E-state index < -0.39 is 6.03 Å². The van der Waals surface area contributed by atoms with Gasteiger partial charge in [0.1, 0.15) is 0 Å². The Morgan fingerprint density at radius 1 is 1.14 bits per heavy atom. The van der Waals surface area contributed by atoms with E-state index in [1.165, 1.54) is 5.01 Å². The Labute approximate surface area is 128 Å². The summed E-state index contributed by atoms with van der Waals surface area (Å²) >= 11 is 0. The van der Waals surface area contributed by atoms with Crippen molar-refractivity contribution in [2.24, 2.45) is 5.73 Å². The molecule has 0 bridgehead atoms. The van der Waals surface area contributed by atoms with Crippen LogP contribution in [0.15, 0.2) is 18.2 Å². The van der Waals surface area contributed by atoms with E-state index in [1.807, 2.05) is 0 Å². The predicted octanol–water partition coefficient (Wildman–Crippen LogP) is 1.77. The molecule has 22 heavy (non-hydrogen) atoms. The second-order valence-electron chi connectivity index (χ2n) is 5.51. The molecule has 0 aromatic heterocycles. The van der Waals surface area contributed by atoms with Crippen molar-refractivity contribution in [2.45, 2.75) is 38.1 Å². The highest BCUT2D eigenvalue weighted by molar-refractivity contribution is 5.95. The van der Waals surface area contributed by atoms with Gasteiger partial charge in [-0.1, -0.05) is 19.3 Å². The summed E-state index contributed by atoms with van der Waals surface area (Å²) in [7, 11) is 0. The molecule has 0 spiro atoms. The first-order valence-electron chi connectivity index (χ1n) is 7.44. The van der Waals surface area contributed by atoms with Crippen LogP contribution in [0, 0.1) is 0 Å². The summed E-state index contributed by atoms with van der Waals surface area (Å²) in [5.74, 6) is 0.745. The van der Waals surface area contributed by atoms with E-state index in [0.717, 1.165) is 32.1 Å². The Morgan fingerprint density at radius 2 is 1.86 bits per heavy atom. The van der Waals surface area contributed by atoms with Crippen molar-refractivity contribution < 1.29 is 19.1 Å². The molecule has 1 aromatic carbocycles. The van der Waals surface area contributed by atoms with Crippen LogP contribution in [0.25, 0.3) is 0 Å². The van der Waals surface area contributed by atoms with Crippen LogP contribution in [0.3, 0.4) is 0 Å². The van der Waals surface area contributed by atoms with E-state index >= 15 is 0 Å². The zero-order valence-electron chi connectivity index (χ0n) is 12.2. The molecule has 1 heterocycles. The molecule has 7 nitrogen and oxygen atoms in total. The first-order valence-corrected chi connectivity index (χ1v) is 7.44. The lowest BCUT2D eigenvalue weighted by Crippen LogP contribution is -2.54. The van der Waals surface area contributed by atoms with Crippen molar-refractivity contribution >= 4 is 11.9 Å². The van der Waals surface area contributed by atoms with E-state index in [-0.39, 0.29) is 18.7 Å². The second kappa shape index (κ2) is 6.13. The third-order valence-electron chi connectivity index (χ3n) is 4.03. The Hall–Kier alpha value is -2.44. The number of primary amides is 1. The summed E-state index contributed by atoms with van der Waals surface area (Å²) in [6, 6.07) is 4.22. The number of hydrogen-bond acceptors (Lipinski definition) is 4. The molecule has 0 saturated heterocycles. The number of hydrazine groups is 1. The quantitative estimate of drug-likeness (QED) is 0.814. The first kappa shape index (κ1) is 14.5. The van der Waals surface area contributed by atoms with Crippen molar-refractivity contribution in [1.29, 1.82) is 0 Å². The number of urea groups is 1. The van der Waals surface area contributed by atoms with Gasteiger partial charge in [0.2, 0.25) is 6.79 Å². The third-order valence-corrected chi connectivity index (χ3v) is 4.03. The molecular weight excluding hydrogens is 286 g/mol. The smallest absolute Gasteiger partial charge is 0.333 e. The second-order valence-corrected chi connectivity index (χ2v) is 5.51. The van der Waals surface area contributed by atoms with Gasteiger partial charge in [-0.2, -0.15) is 0 Å². The molecule has 118 valence electrons. The van der Waals surface area contributed by atoms with Gasteiger partial charge in [0, 0.05) is 5.56 Å². The van der Waals surface area contributed by atoms with E-state index in [9.17, 15) is 9.59 Å². The molecule has 1 aliphatic heterocycles. The van der Waals surface area contributed by atoms with Crippen molar-refractivity contribution in [3.8, 4) is 11.5 Å². The fraction of sp³-hybridized carbons (Fsp3) is 0.467. The minimum absolute atomic E-state index is 0.0378. The molecule has 1 aliphatic carbocycles. The lowest BCUT2D eigenvalue weighted by Gasteiger charge is -2.32. The number of rotatable bonds is 2. The largest absolute Gasteiger partial charge is 0.454 e. The van der Waals surface area contributed by atoms with E-state index in [0.29, 0.717) is 17.1 Å². The fourth-order valence-corrected chi connectivity index (χ4v) is 2.88. The number of carbonyl (C=O) groups is 2. The standard InChI is InChI=1S/C15H19N3O4/c16-15(20)18(11-4-2-1-3-5-11)17-14(19)10-6-7-12-13(8-10)22-9-21-12/h6-8,11H,1-5,9H2,(H2,16,20)(H,17,19). The first-order chi connectivity index (χ1) is 10.6. The molecule has 2 aliphatic rings. The highest BCUT2D eigenvalue weighted by Gasteiger charge is 2.26. The molecule has 7 heteroatoms. The SMILES string of the molecule is NC(=O)N(NC(=O)c1ccc2c(c1)OCO2)C1CCCCC1. The summed E-state index contributed by atoms with van der Waals surface area (Å²) in [6.07, 6.45) is 4.93. The van der Waals surface area contributed by atoms with Crippen molar-refractivity contribution in [3.63, 3.8) is 0 Å². The van der Waals surface area contributed by atoms with Gasteiger partial charge in [0.15, 0.2) is 11.5 Å². The molecule has 3 N–H and O–H groups in total. The number of amides is 3. The minimum atomic E-state index is -0.638. The normalized spacial score (nSPS) is 17.1. The fourth-order valence-electron chi connectivity index (χ4n) is 2.88. The Balaban J connectivity index is 1.72. The van der Waals surface area contributed by atoms with Crippen molar-refractivity contribution in [2.75, 3.05) is 6.79 Å². The van der Waals surface area contributed by atoms with Gasteiger partial charge >= 0.3 is 6.03 Å². The van der Waals surface area contributed by atoms with Crippen molar-refractivity contribution in [1.82, 2.24) is 10.4 Å². The maximum Gasteiger partial charge on any atom is 0.333 e. The third kappa shape index (κ3) is 2.93. The Bertz CT molecular complexity index is 584. The van der Waals surface area contributed by atoms with Crippen LogP contribution < -0.4 is 20.6 Å². The van der Waals surface area contributed by atoms with Crippen LogP contribution in [-0.4, -0.2) is 29.8 Å². The maximum absolute atomic E-state index is 12.3. The van der Waals surface area contributed by atoms with Gasteiger partial charge in [0.25, 0.3) is 5.91 Å². The number of nitrogens with one attached hydrogen (secondary N) is 1. The van der Waals surface area contributed by atoms with E-state index in [2.05, 4.69) is 5.43 Å². The summed E-state index contributed by atoms with van der Waals surface area (Å²) in [4.78, 5) is 24.0. The molecule has 1 fully saturated rings. The Kier molecular flexibility index (Phi) is 4.04. The van der Waals surface area contributed by atoms with Gasteiger partial charge in [-0.3, -0.25) is 10.2 Å². The summed E-state index contributed by atoms with van der Waals surface area (Å²) in [5, 5.41) is 1.26. The van der Waals surface area contributed by atoms with Gasteiger partial charge in [0.05, 0.1) is 6.04 Å². The predicted molar refractivity (Wildman–Crippen MR) is 78.3 cm³/mol. The topological polar surface area (TPSA) is 93.9 Å². The van der Waals surface area contributed by atoms with E-state index in [4.69, 9.17) is 15.2 Å². The van der Waals surface area contributed by atoms with Crippen LogP contribution in [0.4, 0.5) is 4.79 Å². The summed E-state index contributed by atoms with van der Waals surface area (Å²) < 4.78 is 10.5. The van der Waals surface area contributed by atoms with Crippen LogP contribution >= 0.6 is 0 Å². The molecule has 0 radical (unpaired) electrons. The molecular formula is C15H19N3O4. The number of nitrogens with two attached hydrogens (primary N) is 1. The lowest BCUT2D eigenvalue weighted by atomic mass is 9.95. The van der Waals surface area contributed by atoms with Crippen LogP contribution in [0.1, 0.15) is 42.5 Å².